The zero-order valence-corrected chi connectivity index (χ0v) is 14.7. The highest BCUT2D eigenvalue weighted by Gasteiger charge is 2.27. The van der Waals surface area contributed by atoms with Gasteiger partial charge in [0.2, 0.25) is 10.0 Å². The van der Waals surface area contributed by atoms with Crippen LogP contribution >= 0.6 is 11.6 Å². The van der Waals surface area contributed by atoms with E-state index in [4.69, 9.17) is 11.6 Å². The average molecular weight is 354 g/mol. The van der Waals surface area contributed by atoms with Gasteiger partial charge in [-0.2, -0.15) is 4.31 Å². The summed E-state index contributed by atoms with van der Waals surface area (Å²) in [6.45, 7) is 4.50. The molecule has 0 aliphatic rings. The fourth-order valence-corrected chi connectivity index (χ4v) is 4.75. The van der Waals surface area contributed by atoms with E-state index in [9.17, 15) is 16.8 Å². The molecule has 0 aromatic heterocycles. The van der Waals surface area contributed by atoms with Crippen molar-refractivity contribution in [3.63, 3.8) is 0 Å². The minimum absolute atomic E-state index is 0.0274. The molecule has 0 atom stereocenters. The Bertz CT molecular complexity index is 693. The van der Waals surface area contributed by atoms with Crippen LogP contribution in [0.25, 0.3) is 0 Å². The lowest BCUT2D eigenvalue weighted by Crippen LogP contribution is -2.32. The van der Waals surface area contributed by atoms with Gasteiger partial charge in [0.1, 0.15) is 4.90 Å². The van der Waals surface area contributed by atoms with Gasteiger partial charge in [0.25, 0.3) is 0 Å². The monoisotopic (exact) mass is 353 g/mol. The quantitative estimate of drug-likeness (QED) is 0.755. The highest BCUT2D eigenvalue weighted by atomic mass is 35.5. The van der Waals surface area contributed by atoms with E-state index >= 15 is 0 Å². The molecule has 5 nitrogen and oxygen atoms in total. The SMILES string of the molecule is CCCN(CCC)S(=O)(=O)c1cc(S(C)(=O)=O)ccc1Cl. The molecule has 0 N–H and O–H groups in total. The van der Waals surface area contributed by atoms with Gasteiger partial charge in [-0.3, -0.25) is 0 Å². The van der Waals surface area contributed by atoms with Crippen LogP contribution in [0.5, 0.6) is 0 Å². The molecule has 0 unspecified atom stereocenters. The Kier molecular flexibility index (Phi) is 6.22. The van der Waals surface area contributed by atoms with Crippen molar-refractivity contribution in [1.29, 1.82) is 0 Å². The Morgan fingerprint density at radius 2 is 1.57 bits per heavy atom. The van der Waals surface area contributed by atoms with Gasteiger partial charge < -0.3 is 0 Å². The Labute approximate surface area is 131 Å². The van der Waals surface area contributed by atoms with Crippen molar-refractivity contribution in [3.05, 3.63) is 23.2 Å². The Morgan fingerprint density at radius 3 is 2.00 bits per heavy atom. The third-order valence-corrected chi connectivity index (χ3v) is 6.39. The summed E-state index contributed by atoms with van der Waals surface area (Å²) in [6, 6.07) is 3.74. The van der Waals surface area contributed by atoms with Crippen molar-refractivity contribution in [3.8, 4) is 0 Å². The lowest BCUT2D eigenvalue weighted by atomic mass is 10.4. The topological polar surface area (TPSA) is 71.5 Å². The predicted octanol–water partition coefficient (Wildman–Crippen LogP) is 2.55. The van der Waals surface area contributed by atoms with E-state index in [1.54, 1.807) is 0 Å². The largest absolute Gasteiger partial charge is 0.244 e. The van der Waals surface area contributed by atoms with Crippen LogP contribution in [0, 0.1) is 0 Å². The van der Waals surface area contributed by atoms with E-state index in [0.717, 1.165) is 12.3 Å². The molecule has 0 bridgehead atoms. The van der Waals surface area contributed by atoms with Gasteiger partial charge in [-0.25, -0.2) is 16.8 Å². The Hall–Kier alpha value is -0.630. The fourth-order valence-electron chi connectivity index (χ4n) is 1.90. The number of rotatable bonds is 7. The summed E-state index contributed by atoms with van der Waals surface area (Å²) >= 11 is 5.97. The van der Waals surface area contributed by atoms with Gasteiger partial charge in [0, 0.05) is 19.3 Å². The summed E-state index contributed by atoms with van der Waals surface area (Å²) in [5.41, 5.74) is 0. The number of sulfone groups is 1. The zero-order valence-electron chi connectivity index (χ0n) is 12.3. The van der Waals surface area contributed by atoms with Crippen LogP contribution < -0.4 is 0 Å². The second-order valence-corrected chi connectivity index (χ2v) is 9.10. The molecule has 1 aromatic carbocycles. The molecule has 0 spiro atoms. The molecule has 1 aromatic rings. The van der Waals surface area contributed by atoms with Crippen molar-refractivity contribution < 1.29 is 16.8 Å². The first-order chi connectivity index (χ1) is 9.64. The number of sulfonamides is 1. The number of hydrogen-bond donors (Lipinski definition) is 0. The number of halogens is 1. The second kappa shape index (κ2) is 7.09. The van der Waals surface area contributed by atoms with Crippen LogP contribution in [-0.2, 0) is 19.9 Å². The predicted molar refractivity (Wildman–Crippen MR) is 83.9 cm³/mol. The molecule has 0 saturated carbocycles. The Balaban J connectivity index is 3.42. The summed E-state index contributed by atoms with van der Waals surface area (Å²) < 4.78 is 49.8. The smallest absolute Gasteiger partial charge is 0.224 e. The average Bonchev–Trinajstić information content (AvgIpc) is 2.37. The summed E-state index contributed by atoms with van der Waals surface area (Å²) in [5.74, 6) is 0. The maximum absolute atomic E-state index is 12.7. The molecule has 0 aliphatic heterocycles. The normalized spacial score (nSPS) is 12.8. The van der Waals surface area contributed by atoms with Crippen LogP contribution in [0.3, 0.4) is 0 Å². The van der Waals surface area contributed by atoms with E-state index in [0.29, 0.717) is 25.9 Å². The van der Waals surface area contributed by atoms with Gasteiger partial charge >= 0.3 is 0 Å². The molecule has 120 valence electrons. The molecule has 0 fully saturated rings. The minimum Gasteiger partial charge on any atom is -0.224 e. The zero-order chi connectivity index (χ0) is 16.3. The molecular formula is C13H20ClNO4S2. The number of nitrogens with zero attached hydrogens (tertiary/aromatic N) is 1. The van der Waals surface area contributed by atoms with E-state index < -0.39 is 19.9 Å². The van der Waals surface area contributed by atoms with E-state index in [1.807, 2.05) is 13.8 Å². The molecule has 0 saturated heterocycles. The van der Waals surface area contributed by atoms with Crippen molar-refractivity contribution >= 4 is 31.5 Å². The van der Waals surface area contributed by atoms with Crippen LogP contribution in [0.2, 0.25) is 5.02 Å². The van der Waals surface area contributed by atoms with Gasteiger partial charge in [0.05, 0.1) is 9.92 Å². The van der Waals surface area contributed by atoms with Crippen molar-refractivity contribution in [2.45, 2.75) is 36.5 Å². The maximum atomic E-state index is 12.7. The number of benzene rings is 1. The van der Waals surface area contributed by atoms with Crippen LogP contribution in [-0.4, -0.2) is 40.5 Å². The fraction of sp³-hybridized carbons (Fsp3) is 0.538. The maximum Gasteiger partial charge on any atom is 0.244 e. The van der Waals surface area contributed by atoms with Crippen LogP contribution in [0.15, 0.2) is 28.0 Å². The van der Waals surface area contributed by atoms with Gasteiger partial charge in [-0.15, -0.1) is 0 Å². The van der Waals surface area contributed by atoms with Gasteiger partial charge in [0.15, 0.2) is 9.84 Å². The standard InChI is InChI=1S/C13H20ClNO4S2/c1-4-8-15(9-5-2)21(18,19)13-10-11(20(3,16)17)6-7-12(13)14/h6-7,10H,4-5,8-9H2,1-3H3. The van der Waals surface area contributed by atoms with Crippen LogP contribution in [0.4, 0.5) is 0 Å². The summed E-state index contributed by atoms with van der Waals surface area (Å²) in [6.07, 6.45) is 2.37. The van der Waals surface area contributed by atoms with Crippen molar-refractivity contribution in [2.24, 2.45) is 0 Å². The lowest BCUT2D eigenvalue weighted by Gasteiger charge is -2.21. The minimum atomic E-state index is -3.80. The molecule has 21 heavy (non-hydrogen) atoms. The van der Waals surface area contributed by atoms with E-state index in [-0.39, 0.29) is 14.8 Å². The van der Waals surface area contributed by atoms with Gasteiger partial charge in [-0.1, -0.05) is 25.4 Å². The molecule has 0 heterocycles. The molecule has 8 heteroatoms. The summed E-state index contributed by atoms with van der Waals surface area (Å²) in [7, 11) is -7.30. The Morgan fingerprint density at radius 1 is 1.05 bits per heavy atom. The van der Waals surface area contributed by atoms with Crippen molar-refractivity contribution in [2.75, 3.05) is 19.3 Å². The van der Waals surface area contributed by atoms with Gasteiger partial charge in [-0.05, 0) is 31.0 Å². The third kappa shape index (κ3) is 4.42. The first kappa shape index (κ1) is 18.4. The first-order valence-electron chi connectivity index (χ1n) is 6.64. The highest BCUT2D eigenvalue weighted by molar-refractivity contribution is 7.91. The molecular weight excluding hydrogens is 334 g/mol. The highest BCUT2D eigenvalue weighted by Crippen LogP contribution is 2.27. The third-order valence-electron chi connectivity index (χ3n) is 2.89. The molecule has 0 amide bonds. The van der Waals surface area contributed by atoms with E-state index in [1.165, 1.54) is 16.4 Å². The van der Waals surface area contributed by atoms with Crippen molar-refractivity contribution in [1.82, 2.24) is 4.31 Å². The van der Waals surface area contributed by atoms with Crippen LogP contribution in [0.1, 0.15) is 26.7 Å². The molecule has 0 radical (unpaired) electrons. The lowest BCUT2D eigenvalue weighted by molar-refractivity contribution is 0.410. The second-order valence-electron chi connectivity index (χ2n) is 4.77. The summed E-state index contributed by atoms with van der Waals surface area (Å²) in [4.78, 5) is -0.215. The summed E-state index contributed by atoms with van der Waals surface area (Å²) in [5, 5.41) is 0.0274. The molecule has 0 aliphatic carbocycles. The molecule has 1 rings (SSSR count). The number of hydrogen-bond acceptors (Lipinski definition) is 4. The van der Waals surface area contributed by atoms with E-state index in [2.05, 4.69) is 0 Å². The first-order valence-corrected chi connectivity index (χ1v) is 10.3.